The van der Waals surface area contributed by atoms with Crippen LogP contribution >= 0.6 is 22.7 Å². The van der Waals surface area contributed by atoms with E-state index >= 15 is 0 Å². The zero-order chi connectivity index (χ0) is 16.7. The highest BCUT2D eigenvalue weighted by molar-refractivity contribution is 7.13. The average Bonchev–Trinajstić information content (AvgIpc) is 3.28. The minimum atomic E-state index is 0.119. The predicted octanol–water partition coefficient (Wildman–Crippen LogP) is 4.46. The van der Waals surface area contributed by atoms with Crippen LogP contribution in [0, 0.1) is 6.92 Å². The molecule has 0 saturated carbocycles. The van der Waals surface area contributed by atoms with Crippen LogP contribution < -0.4 is 0 Å². The van der Waals surface area contributed by atoms with Crippen molar-refractivity contribution in [3.8, 4) is 10.8 Å². The first-order valence-electron chi connectivity index (χ1n) is 7.99. The number of amides is 1. The summed E-state index contributed by atoms with van der Waals surface area (Å²) in [7, 11) is 0. The molecule has 0 bridgehead atoms. The lowest BCUT2D eigenvalue weighted by Gasteiger charge is -2.33. The molecule has 1 unspecified atom stereocenters. The number of fused-ring (bicyclic) bond motifs is 1. The summed E-state index contributed by atoms with van der Waals surface area (Å²) in [4.78, 5) is 21.7. The SMILES string of the molecule is Cc1oc(-c2cccs2)nc1CC(=O)N1CCc2sccc2C1C. The molecule has 4 rings (SSSR count). The summed E-state index contributed by atoms with van der Waals surface area (Å²) in [5, 5.41) is 4.11. The van der Waals surface area contributed by atoms with Crippen LogP contribution in [-0.4, -0.2) is 22.3 Å². The number of nitrogens with zero attached hydrogens (tertiary/aromatic N) is 2. The average molecular weight is 358 g/mol. The molecule has 0 saturated heterocycles. The van der Waals surface area contributed by atoms with Crippen LogP contribution in [0.3, 0.4) is 0 Å². The van der Waals surface area contributed by atoms with Gasteiger partial charge in [0.15, 0.2) is 0 Å². The van der Waals surface area contributed by atoms with Crippen LogP contribution in [0.15, 0.2) is 33.4 Å². The van der Waals surface area contributed by atoms with Gasteiger partial charge >= 0.3 is 0 Å². The van der Waals surface area contributed by atoms with E-state index in [0.717, 1.165) is 29.3 Å². The molecule has 3 aromatic rings. The Hall–Kier alpha value is -1.92. The predicted molar refractivity (Wildman–Crippen MR) is 96.4 cm³/mol. The maximum absolute atomic E-state index is 12.8. The molecule has 6 heteroatoms. The van der Waals surface area contributed by atoms with Crippen molar-refractivity contribution in [2.24, 2.45) is 0 Å². The maximum atomic E-state index is 12.8. The molecule has 0 spiro atoms. The molecular weight excluding hydrogens is 340 g/mol. The van der Waals surface area contributed by atoms with Gasteiger partial charge in [0.2, 0.25) is 11.8 Å². The molecule has 1 amide bonds. The van der Waals surface area contributed by atoms with Crippen molar-refractivity contribution in [3.05, 3.63) is 50.9 Å². The van der Waals surface area contributed by atoms with E-state index in [1.807, 2.05) is 29.3 Å². The van der Waals surface area contributed by atoms with Crippen molar-refractivity contribution < 1.29 is 9.21 Å². The third-order valence-corrected chi connectivity index (χ3v) is 6.40. The third-order valence-electron chi connectivity index (χ3n) is 4.54. The first-order valence-corrected chi connectivity index (χ1v) is 9.75. The second-order valence-electron chi connectivity index (χ2n) is 5.99. The zero-order valence-electron chi connectivity index (χ0n) is 13.6. The van der Waals surface area contributed by atoms with E-state index in [4.69, 9.17) is 4.42 Å². The van der Waals surface area contributed by atoms with Crippen molar-refractivity contribution in [1.82, 2.24) is 9.88 Å². The quantitative estimate of drug-likeness (QED) is 0.694. The van der Waals surface area contributed by atoms with E-state index in [1.165, 1.54) is 10.4 Å². The molecule has 0 fully saturated rings. The fourth-order valence-corrected chi connectivity index (χ4v) is 4.80. The molecule has 1 aliphatic heterocycles. The van der Waals surface area contributed by atoms with Crippen molar-refractivity contribution in [1.29, 1.82) is 0 Å². The molecule has 4 heterocycles. The van der Waals surface area contributed by atoms with Crippen molar-refractivity contribution in [2.45, 2.75) is 32.7 Å². The second-order valence-corrected chi connectivity index (χ2v) is 7.94. The highest BCUT2D eigenvalue weighted by Crippen LogP contribution is 2.33. The number of hydrogen-bond acceptors (Lipinski definition) is 5. The topological polar surface area (TPSA) is 46.3 Å². The highest BCUT2D eigenvalue weighted by Gasteiger charge is 2.29. The lowest BCUT2D eigenvalue weighted by Crippen LogP contribution is -2.39. The van der Waals surface area contributed by atoms with E-state index in [9.17, 15) is 4.79 Å². The number of aromatic nitrogens is 1. The first-order chi connectivity index (χ1) is 11.6. The molecule has 124 valence electrons. The van der Waals surface area contributed by atoms with Gasteiger partial charge in [-0.2, -0.15) is 0 Å². The van der Waals surface area contributed by atoms with Crippen LogP contribution in [-0.2, 0) is 17.6 Å². The lowest BCUT2D eigenvalue weighted by molar-refractivity contribution is -0.133. The van der Waals surface area contributed by atoms with Crippen LogP contribution in [0.2, 0.25) is 0 Å². The van der Waals surface area contributed by atoms with Gasteiger partial charge < -0.3 is 9.32 Å². The van der Waals surface area contributed by atoms with Gasteiger partial charge in [-0.1, -0.05) is 6.07 Å². The van der Waals surface area contributed by atoms with Gasteiger partial charge in [-0.05, 0) is 48.7 Å². The number of carbonyl (C=O) groups excluding carboxylic acids is 1. The Balaban J connectivity index is 1.53. The number of rotatable bonds is 3. The first kappa shape index (κ1) is 15.6. The van der Waals surface area contributed by atoms with Crippen molar-refractivity contribution >= 4 is 28.6 Å². The molecule has 1 atom stereocenters. The van der Waals surface area contributed by atoms with E-state index in [1.54, 1.807) is 22.7 Å². The van der Waals surface area contributed by atoms with Crippen molar-refractivity contribution in [3.63, 3.8) is 0 Å². The number of oxazole rings is 1. The van der Waals surface area contributed by atoms with Gasteiger partial charge in [-0.15, -0.1) is 22.7 Å². The van der Waals surface area contributed by atoms with Gasteiger partial charge in [0, 0.05) is 11.4 Å². The molecule has 0 aliphatic carbocycles. The highest BCUT2D eigenvalue weighted by atomic mass is 32.1. The molecule has 1 aliphatic rings. The Morgan fingerprint density at radius 3 is 3.04 bits per heavy atom. The second kappa shape index (κ2) is 6.18. The van der Waals surface area contributed by atoms with Gasteiger partial charge in [0.25, 0.3) is 0 Å². The number of aryl methyl sites for hydroxylation is 1. The fourth-order valence-electron chi connectivity index (χ4n) is 3.19. The minimum absolute atomic E-state index is 0.119. The normalized spacial score (nSPS) is 17.1. The summed E-state index contributed by atoms with van der Waals surface area (Å²) >= 11 is 3.38. The summed E-state index contributed by atoms with van der Waals surface area (Å²) in [5.41, 5.74) is 2.03. The van der Waals surface area contributed by atoms with Crippen molar-refractivity contribution in [2.75, 3.05) is 6.54 Å². The van der Waals surface area contributed by atoms with Gasteiger partial charge in [0.1, 0.15) is 5.76 Å². The standard InChI is InChI=1S/C18H18N2O2S2/c1-11-13-6-9-24-15(13)5-7-20(11)17(21)10-14-12(2)22-18(19-14)16-4-3-8-23-16/h3-4,6,8-9,11H,5,7,10H2,1-2H3. The maximum Gasteiger partial charge on any atom is 0.236 e. The third kappa shape index (κ3) is 2.70. The number of carbonyl (C=O) groups is 1. The minimum Gasteiger partial charge on any atom is -0.440 e. The number of thiophene rings is 2. The summed E-state index contributed by atoms with van der Waals surface area (Å²) in [6.07, 6.45) is 1.24. The smallest absolute Gasteiger partial charge is 0.236 e. The molecule has 0 aromatic carbocycles. The van der Waals surface area contributed by atoms with Gasteiger partial charge in [-0.25, -0.2) is 4.98 Å². The van der Waals surface area contributed by atoms with Crippen LogP contribution in [0.1, 0.15) is 34.9 Å². The Morgan fingerprint density at radius 1 is 1.38 bits per heavy atom. The summed E-state index contributed by atoms with van der Waals surface area (Å²) in [6.45, 7) is 4.76. The van der Waals surface area contributed by atoms with E-state index < -0.39 is 0 Å². The zero-order valence-corrected chi connectivity index (χ0v) is 15.2. The molecular formula is C18H18N2O2S2. The van der Waals surface area contributed by atoms with Gasteiger partial charge in [-0.3, -0.25) is 4.79 Å². The molecule has 0 N–H and O–H groups in total. The molecule has 0 radical (unpaired) electrons. The van der Waals surface area contributed by atoms with E-state index in [2.05, 4.69) is 23.4 Å². The van der Waals surface area contributed by atoms with Crippen LogP contribution in [0.25, 0.3) is 10.8 Å². The Kier molecular flexibility index (Phi) is 4.02. The Morgan fingerprint density at radius 2 is 2.25 bits per heavy atom. The van der Waals surface area contributed by atoms with Crippen LogP contribution in [0.5, 0.6) is 0 Å². The summed E-state index contributed by atoms with van der Waals surface area (Å²) in [5.74, 6) is 1.46. The largest absolute Gasteiger partial charge is 0.440 e. The monoisotopic (exact) mass is 358 g/mol. The fraction of sp³-hybridized carbons (Fsp3) is 0.333. The molecule has 24 heavy (non-hydrogen) atoms. The summed E-state index contributed by atoms with van der Waals surface area (Å²) in [6, 6.07) is 6.22. The Bertz CT molecular complexity index is 864. The molecule has 3 aromatic heterocycles. The Labute approximate surface area is 148 Å². The van der Waals surface area contributed by atoms with E-state index in [0.29, 0.717) is 12.3 Å². The van der Waals surface area contributed by atoms with Crippen LogP contribution in [0.4, 0.5) is 0 Å². The van der Waals surface area contributed by atoms with E-state index in [-0.39, 0.29) is 11.9 Å². The summed E-state index contributed by atoms with van der Waals surface area (Å²) < 4.78 is 5.75. The lowest BCUT2D eigenvalue weighted by atomic mass is 10.0. The van der Waals surface area contributed by atoms with Gasteiger partial charge in [0.05, 0.1) is 23.0 Å². The number of hydrogen-bond donors (Lipinski definition) is 0. The molecule has 4 nitrogen and oxygen atoms in total.